The highest BCUT2D eigenvalue weighted by molar-refractivity contribution is 6.09. The van der Waals surface area contributed by atoms with Gasteiger partial charge in [-0.05, 0) is 102 Å². The van der Waals surface area contributed by atoms with Crippen LogP contribution >= 0.6 is 0 Å². The minimum Gasteiger partial charge on any atom is -0.457 e. The van der Waals surface area contributed by atoms with Gasteiger partial charge >= 0.3 is 0 Å². The molecular formula is C46H50N4O. The minimum absolute atomic E-state index is 0.147. The molecule has 0 radical (unpaired) electrons. The molecule has 7 aromatic rings. The van der Waals surface area contributed by atoms with E-state index in [1.54, 1.807) is 0 Å². The number of hydrogen-bond donors (Lipinski definition) is 0. The topological polar surface area (TPSA) is 44.9 Å². The predicted octanol–water partition coefficient (Wildman–Crippen LogP) is 12.2. The van der Waals surface area contributed by atoms with Crippen molar-refractivity contribution in [1.29, 1.82) is 0 Å². The summed E-state index contributed by atoms with van der Waals surface area (Å²) in [6.07, 6.45) is 4.81. The maximum atomic E-state index is 6.80. The number of hydrogen-bond acceptors (Lipinski definition) is 3. The molecule has 0 amide bonds. The Morgan fingerprint density at radius 2 is 1.43 bits per heavy atom. The van der Waals surface area contributed by atoms with Crippen molar-refractivity contribution in [3.8, 4) is 34.1 Å². The van der Waals surface area contributed by atoms with Gasteiger partial charge in [0, 0.05) is 45.8 Å². The van der Waals surface area contributed by atoms with Gasteiger partial charge in [-0.3, -0.25) is 4.57 Å². The van der Waals surface area contributed by atoms with Gasteiger partial charge in [0.05, 0.1) is 22.4 Å². The fourth-order valence-electron chi connectivity index (χ4n) is 7.46. The molecular weight excluding hydrogens is 625 g/mol. The number of nitrogens with zero attached hydrogens (tertiary/aromatic N) is 4. The van der Waals surface area contributed by atoms with Crippen molar-refractivity contribution in [2.75, 3.05) is 0 Å². The number of aromatic nitrogens is 4. The van der Waals surface area contributed by atoms with Gasteiger partial charge in [0.15, 0.2) is 0 Å². The van der Waals surface area contributed by atoms with E-state index in [4.69, 9.17) is 14.8 Å². The SMILES string of the molecule is CCc1ccnc(-n2c3ccccc3c3ccc(Oc4cc(C(C)C)cc(-n5nc(C(C)(C)C)c(-c6c(CC)cccc6CC)c5C)c4)cc32)c1. The van der Waals surface area contributed by atoms with Crippen LogP contribution in [0, 0.1) is 6.92 Å². The maximum Gasteiger partial charge on any atom is 0.137 e. The highest BCUT2D eigenvalue weighted by Gasteiger charge is 2.29. The second-order valence-corrected chi connectivity index (χ2v) is 15.1. The van der Waals surface area contributed by atoms with Crippen molar-refractivity contribution < 1.29 is 4.74 Å². The van der Waals surface area contributed by atoms with Crippen molar-refractivity contribution in [1.82, 2.24) is 19.3 Å². The Labute approximate surface area is 302 Å². The molecule has 0 unspecified atom stereocenters. The normalized spacial score (nSPS) is 12.0. The van der Waals surface area contributed by atoms with Crippen LogP contribution in [0.5, 0.6) is 11.5 Å². The standard InChI is InChI=1S/C46H50N4O/c1-10-31-22-23-47-42(24-31)49-40-19-14-13-18-38(40)39-21-20-36(28-41(39)49)51-37-26-34(29(4)5)25-35(27-37)50-30(6)43(45(48-50)46(7,8)9)44-32(11-2)16-15-17-33(44)12-3/h13-29H,10-12H2,1-9H3. The Balaban J connectivity index is 1.38. The molecule has 0 fully saturated rings. The first kappa shape index (κ1) is 34.3. The lowest BCUT2D eigenvalue weighted by molar-refractivity contribution is 0.481. The van der Waals surface area contributed by atoms with Crippen molar-refractivity contribution >= 4 is 21.8 Å². The van der Waals surface area contributed by atoms with Gasteiger partial charge in [0.1, 0.15) is 17.3 Å². The summed E-state index contributed by atoms with van der Waals surface area (Å²) in [5, 5.41) is 7.77. The predicted molar refractivity (Wildman–Crippen MR) is 213 cm³/mol. The van der Waals surface area contributed by atoms with Crippen LogP contribution in [0.3, 0.4) is 0 Å². The molecule has 7 rings (SSSR count). The van der Waals surface area contributed by atoms with Crippen LogP contribution in [0.1, 0.15) is 94.9 Å². The Morgan fingerprint density at radius 3 is 2.12 bits per heavy atom. The van der Waals surface area contributed by atoms with E-state index in [0.29, 0.717) is 5.92 Å². The number of rotatable bonds is 9. The van der Waals surface area contributed by atoms with E-state index < -0.39 is 0 Å². The van der Waals surface area contributed by atoms with Crippen molar-refractivity contribution in [3.05, 3.63) is 131 Å². The van der Waals surface area contributed by atoms with Crippen LogP contribution in [0.25, 0.3) is 44.4 Å². The zero-order valence-electron chi connectivity index (χ0n) is 31.6. The molecule has 0 bridgehead atoms. The van der Waals surface area contributed by atoms with E-state index in [1.807, 2.05) is 6.20 Å². The van der Waals surface area contributed by atoms with Crippen molar-refractivity contribution in [2.45, 2.75) is 92.9 Å². The summed E-state index contributed by atoms with van der Waals surface area (Å²) >= 11 is 0. The molecule has 0 aliphatic carbocycles. The minimum atomic E-state index is -0.147. The molecule has 0 saturated carbocycles. The summed E-state index contributed by atoms with van der Waals surface area (Å²) in [6, 6.07) is 32.6. The molecule has 0 saturated heterocycles. The van der Waals surface area contributed by atoms with Gasteiger partial charge in [-0.15, -0.1) is 0 Å². The van der Waals surface area contributed by atoms with Gasteiger partial charge in [0.25, 0.3) is 0 Å². The number of aryl methyl sites for hydroxylation is 3. The summed E-state index contributed by atoms with van der Waals surface area (Å²) in [7, 11) is 0. The van der Waals surface area contributed by atoms with E-state index in [-0.39, 0.29) is 5.41 Å². The lowest BCUT2D eigenvalue weighted by atomic mass is 9.83. The molecule has 4 aromatic carbocycles. The molecule has 3 heterocycles. The van der Waals surface area contributed by atoms with Gasteiger partial charge in [-0.1, -0.05) is 91.8 Å². The Kier molecular flexibility index (Phi) is 9.09. The van der Waals surface area contributed by atoms with Gasteiger partial charge in [-0.25, -0.2) is 9.67 Å². The van der Waals surface area contributed by atoms with Crippen molar-refractivity contribution in [3.63, 3.8) is 0 Å². The van der Waals surface area contributed by atoms with E-state index in [0.717, 1.165) is 64.7 Å². The van der Waals surface area contributed by atoms with Gasteiger partial charge in [0.2, 0.25) is 0 Å². The number of pyridine rings is 1. The Hall–Kier alpha value is -5.16. The second kappa shape index (κ2) is 13.5. The second-order valence-electron chi connectivity index (χ2n) is 15.1. The van der Waals surface area contributed by atoms with Crippen LogP contribution in [0.2, 0.25) is 0 Å². The average Bonchev–Trinajstić information content (AvgIpc) is 3.65. The van der Waals surface area contributed by atoms with E-state index in [1.165, 1.54) is 44.2 Å². The number of para-hydroxylation sites is 1. The highest BCUT2D eigenvalue weighted by Crippen LogP contribution is 2.41. The van der Waals surface area contributed by atoms with Crippen LogP contribution in [-0.4, -0.2) is 19.3 Å². The van der Waals surface area contributed by atoms with Crippen molar-refractivity contribution in [2.24, 2.45) is 0 Å². The summed E-state index contributed by atoms with van der Waals surface area (Å²) in [5.41, 5.74) is 13.1. The molecule has 5 nitrogen and oxygen atoms in total. The summed E-state index contributed by atoms with van der Waals surface area (Å²) in [5.74, 6) is 2.79. The Morgan fingerprint density at radius 1 is 0.706 bits per heavy atom. The van der Waals surface area contributed by atoms with Crippen LogP contribution in [0.15, 0.2) is 97.2 Å². The lowest BCUT2D eigenvalue weighted by Crippen LogP contribution is -2.14. The molecule has 0 aliphatic rings. The fourth-order valence-corrected chi connectivity index (χ4v) is 7.46. The molecule has 5 heteroatoms. The average molecular weight is 675 g/mol. The molecule has 260 valence electrons. The van der Waals surface area contributed by atoms with E-state index in [9.17, 15) is 0 Å². The summed E-state index contributed by atoms with van der Waals surface area (Å²) in [4.78, 5) is 4.81. The van der Waals surface area contributed by atoms with E-state index in [2.05, 4.69) is 163 Å². The number of fused-ring (bicyclic) bond motifs is 3. The number of benzene rings is 4. The first-order chi connectivity index (χ1) is 24.5. The fraction of sp³-hybridized carbons (Fsp3) is 0.304. The smallest absolute Gasteiger partial charge is 0.137 e. The maximum absolute atomic E-state index is 6.80. The third-order valence-corrected chi connectivity index (χ3v) is 10.2. The van der Waals surface area contributed by atoms with Gasteiger partial charge < -0.3 is 4.74 Å². The first-order valence-corrected chi connectivity index (χ1v) is 18.5. The molecule has 51 heavy (non-hydrogen) atoms. The zero-order valence-corrected chi connectivity index (χ0v) is 31.6. The molecule has 3 aromatic heterocycles. The Bertz CT molecular complexity index is 2360. The van der Waals surface area contributed by atoms with Crippen LogP contribution in [-0.2, 0) is 24.7 Å². The zero-order chi connectivity index (χ0) is 36.0. The quantitative estimate of drug-likeness (QED) is 0.153. The highest BCUT2D eigenvalue weighted by atomic mass is 16.5. The third kappa shape index (κ3) is 6.24. The summed E-state index contributed by atoms with van der Waals surface area (Å²) < 4.78 is 11.2. The van der Waals surface area contributed by atoms with Gasteiger partial charge in [-0.2, -0.15) is 5.10 Å². The van der Waals surface area contributed by atoms with Crippen LogP contribution < -0.4 is 4.74 Å². The van der Waals surface area contributed by atoms with E-state index >= 15 is 0 Å². The van der Waals surface area contributed by atoms with Crippen LogP contribution in [0.4, 0.5) is 0 Å². The largest absolute Gasteiger partial charge is 0.457 e. The molecule has 0 N–H and O–H groups in total. The monoisotopic (exact) mass is 674 g/mol. The molecule has 0 atom stereocenters. The lowest BCUT2D eigenvalue weighted by Gasteiger charge is -2.21. The molecule has 0 spiro atoms. The number of ether oxygens (including phenoxy) is 1. The summed E-state index contributed by atoms with van der Waals surface area (Å²) in [6.45, 7) is 20.2. The first-order valence-electron chi connectivity index (χ1n) is 18.5. The molecule has 0 aliphatic heterocycles. The third-order valence-electron chi connectivity index (χ3n) is 10.2.